The monoisotopic (exact) mass is 338 g/mol. The van der Waals surface area contributed by atoms with Gasteiger partial charge in [-0.15, -0.1) is 0 Å². The number of hydrogen-bond donors (Lipinski definition) is 0. The van der Waals surface area contributed by atoms with E-state index in [0.29, 0.717) is 19.6 Å². The zero-order valence-corrected chi connectivity index (χ0v) is 13.7. The average molecular weight is 338 g/mol. The molecule has 1 aliphatic heterocycles. The van der Waals surface area contributed by atoms with Crippen molar-refractivity contribution >= 4 is 11.8 Å². The summed E-state index contributed by atoms with van der Waals surface area (Å²) in [6.45, 7) is 1.55. The minimum absolute atomic E-state index is 0.0140. The predicted molar refractivity (Wildman–Crippen MR) is 86.4 cm³/mol. The van der Waals surface area contributed by atoms with Crippen molar-refractivity contribution in [1.29, 1.82) is 0 Å². The topological polar surface area (TPSA) is 84.2 Å². The summed E-state index contributed by atoms with van der Waals surface area (Å²) in [5.41, 5.74) is 1.51. The van der Waals surface area contributed by atoms with Gasteiger partial charge in [0.25, 0.3) is 0 Å². The molecule has 25 heavy (non-hydrogen) atoms. The van der Waals surface area contributed by atoms with E-state index in [1.165, 1.54) is 4.80 Å². The minimum Gasteiger partial charge on any atom is -0.327 e. The predicted octanol–water partition coefficient (Wildman–Crippen LogP) is 0.386. The zero-order valence-electron chi connectivity index (χ0n) is 13.7. The van der Waals surface area contributed by atoms with Crippen molar-refractivity contribution in [2.45, 2.75) is 31.3 Å². The molecule has 3 aliphatic carbocycles. The van der Waals surface area contributed by atoms with E-state index in [1.54, 1.807) is 23.5 Å². The first-order chi connectivity index (χ1) is 12.1. The summed E-state index contributed by atoms with van der Waals surface area (Å²) in [7, 11) is 0. The largest absolute Gasteiger partial charge is 0.327 e. The van der Waals surface area contributed by atoms with Crippen LogP contribution in [0.15, 0.2) is 30.7 Å². The fourth-order valence-corrected chi connectivity index (χ4v) is 4.21. The van der Waals surface area contributed by atoms with E-state index in [9.17, 15) is 9.59 Å². The molecular formula is C17H18N6O2. The molecule has 4 fully saturated rings. The quantitative estimate of drug-likeness (QED) is 0.753. The summed E-state index contributed by atoms with van der Waals surface area (Å²) in [5.74, 6) is 0.0327. The first kappa shape index (κ1) is 14.6. The van der Waals surface area contributed by atoms with Gasteiger partial charge in [-0.1, -0.05) is 0 Å². The lowest BCUT2D eigenvalue weighted by atomic mass is 9.49. The number of aromatic nitrogens is 4. The minimum atomic E-state index is -0.407. The highest BCUT2D eigenvalue weighted by Crippen LogP contribution is 2.60. The van der Waals surface area contributed by atoms with Crippen molar-refractivity contribution in [2.24, 2.45) is 5.92 Å². The Morgan fingerprint density at radius 3 is 2.40 bits per heavy atom. The molecule has 0 radical (unpaired) electrons. The van der Waals surface area contributed by atoms with E-state index < -0.39 is 5.91 Å². The summed E-state index contributed by atoms with van der Waals surface area (Å²) < 4.78 is 0. The van der Waals surface area contributed by atoms with Crippen molar-refractivity contribution in [3.63, 3.8) is 0 Å². The van der Waals surface area contributed by atoms with Crippen LogP contribution in [0.25, 0.3) is 5.69 Å². The molecule has 0 unspecified atom stereocenters. The molecule has 0 N–H and O–H groups in total. The second-order valence-electron chi connectivity index (χ2n) is 7.21. The highest BCUT2D eigenvalue weighted by atomic mass is 16.2. The number of nitrogens with zero attached hydrogens (tertiary/aromatic N) is 6. The molecule has 4 aliphatic rings. The summed E-state index contributed by atoms with van der Waals surface area (Å²) in [5, 5.41) is 8.11. The Morgan fingerprint density at radius 1 is 1.04 bits per heavy atom. The zero-order chi connectivity index (χ0) is 17.0. The molecular weight excluding hydrogens is 320 g/mol. The maximum absolute atomic E-state index is 12.5. The van der Waals surface area contributed by atoms with Crippen LogP contribution < -0.4 is 0 Å². The van der Waals surface area contributed by atoms with Gasteiger partial charge in [-0.05, 0) is 37.3 Å². The molecule has 2 amide bonds. The van der Waals surface area contributed by atoms with Crippen LogP contribution in [0.1, 0.15) is 25.0 Å². The highest BCUT2D eigenvalue weighted by molar-refractivity contribution is 6.35. The number of pyridine rings is 1. The van der Waals surface area contributed by atoms with Crippen LogP contribution in [0.2, 0.25) is 0 Å². The van der Waals surface area contributed by atoms with Gasteiger partial charge in [-0.3, -0.25) is 14.6 Å². The Balaban J connectivity index is 1.27. The molecule has 2 aromatic rings. The summed E-state index contributed by atoms with van der Waals surface area (Å²) >= 11 is 0. The molecule has 6 rings (SSSR count). The molecule has 0 aromatic carbocycles. The summed E-state index contributed by atoms with van der Waals surface area (Å²) in [6, 6.07) is 3.69. The van der Waals surface area contributed by atoms with Gasteiger partial charge < -0.3 is 9.80 Å². The summed E-state index contributed by atoms with van der Waals surface area (Å²) in [6.07, 6.45) is 8.11. The van der Waals surface area contributed by atoms with E-state index in [1.807, 2.05) is 17.0 Å². The fourth-order valence-electron chi connectivity index (χ4n) is 4.21. The molecule has 3 heterocycles. The third kappa shape index (κ3) is 2.16. The molecule has 8 nitrogen and oxygen atoms in total. The second kappa shape index (κ2) is 5.11. The smallest absolute Gasteiger partial charge is 0.312 e. The molecule has 2 bridgehead atoms. The molecule has 2 aromatic heterocycles. The number of amides is 2. The van der Waals surface area contributed by atoms with Gasteiger partial charge in [0.05, 0.1) is 30.8 Å². The van der Waals surface area contributed by atoms with Gasteiger partial charge in [0.1, 0.15) is 5.69 Å². The van der Waals surface area contributed by atoms with Gasteiger partial charge >= 0.3 is 11.8 Å². The molecule has 0 atom stereocenters. The SMILES string of the molecule is O=C1C(=O)N(C23CC(C2)C3)CCN1Cc1ccc(-n2nccn2)cn1. The average Bonchev–Trinajstić information content (AvgIpc) is 3.07. The number of carbonyl (C=O) groups is 2. The van der Waals surface area contributed by atoms with Crippen molar-refractivity contribution in [3.8, 4) is 5.69 Å². The van der Waals surface area contributed by atoms with Gasteiger partial charge in [0, 0.05) is 18.6 Å². The van der Waals surface area contributed by atoms with Crippen LogP contribution in [-0.4, -0.2) is 60.2 Å². The maximum atomic E-state index is 12.5. The van der Waals surface area contributed by atoms with E-state index in [2.05, 4.69) is 15.2 Å². The van der Waals surface area contributed by atoms with Crippen LogP contribution in [0.3, 0.4) is 0 Å². The van der Waals surface area contributed by atoms with E-state index in [-0.39, 0.29) is 11.4 Å². The van der Waals surface area contributed by atoms with Crippen LogP contribution in [0.4, 0.5) is 0 Å². The lowest BCUT2D eigenvalue weighted by Crippen LogP contribution is -2.73. The van der Waals surface area contributed by atoms with Crippen molar-refractivity contribution in [1.82, 2.24) is 29.8 Å². The van der Waals surface area contributed by atoms with Crippen LogP contribution >= 0.6 is 0 Å². The molecule has 0 spiro atoms. The fraction of sp³-hybridized carbons (Fsp3) is 0.471. The first-order valence-corrected chi connectivity index (χ1v) is 8.57. The first-order valence-electron chi connectivity index (χ1n) is 8.57. The normalized spacial score (nSPS) is 27.9. The molecule has 1 saturated heterocycles. The highest BCUT2D eigenvalue weighted by Gasteiger charge is 2.62. The molecule has 128 valence electrons. The maximum Gasteiger partial charge on any atom is 0.312 e. The second-order valence-corrected chi connectivity index (χ2v) is 7.21. The number of rotatable bonds is 4. The van der Waals surface area contributed by atoms with Crippen molar-refractivity contribution in [2.75, 3.05) is 13.1 Å². The van der Waals surface area contributed by atoms with Crippen LogP contribution in [0, 0.1) is 5.92 Å². The third-order valence-corrected chi connectivity index (χ3v) is 5.70. The Kier molecular flexibility index (Phi) is 2.98. The summed E-state index contributed by atoms with van der Waals surface area (Å²) in [4.78, 5) is 34.2. The van der Waals surface area contributed by atoms with Crippen molar-refractivity contribution < 1.29 is 9.59 Å². The van der Waals surface area contributed by atoms with Gasteiger partial charge in [-0.2, -0.15) is 15.0 Å². The Bertz CT molecular complexity index is 814. The van der Waals surface area contributed by atoms with Crippen LogP contribution in [-0.2, 0) is 16.1 Å². The number of hydrogen-bond acceptors (Lipinski definition) is 5. The molecule has 3 saturated carbocycles. The van der Waals surface area contributed by atoms with Gasteiger partial charge in [0.15, 0.2) is 0 Å². The Labute approximate surface area is 144 Å². The van der Waals surface area contributed by atoms with E-state index >= 15 is 0 Å². The lowest BCUT2D eigenvalue weighted by Gasteiger charge is -2.66. The van der Waals surface area contributed by atoms with Crippen molar-refractivity contribution in [3.05, 3.63) is 36.4 Å². The van der Waals surface area contributed by atoms with Gasteiger partial charge in [0.2, 0.25) is 0 Å². The number of carbonyl (C=O) groups excluding carboxylic acids is 2. The Morgan fingerprint density at radius 2 is 1.80 bits per heavy atom. The molecule has 8 heteroatoms. The standard InChI is InChI=1S/C17H18N6O2/c24-15-16(25)22(17-7-12(8-17)9-17)6-5-21(15)11-13-1-2-14(10-18-13)23-19-3-4-20-23/h1-4,10,12H,5-9,11H2. The Hall–Kier alpha value is -2.77. The number of piperazine rings is 1. The third-order valence-electron chi connectivity index (χ3n) is 5.70. The van der Waals surface area contributed by atoms with Crippen LogP contribution in [0.5, 0.6) is 0 Å². The lowest BCUT2D eigenvalue weighted by molar-refractivity contribution is -0.186. The van der Waals surface area contributed by atoms with Gasteiger partial charge in [-0.25, -0.2) is 0 Å². The van der Waals surface area contributed by atoms with E-state index in [4.69, 9.17) is 0 Å². The van der Waals surface area contributed by atoms with E-state index in [0.717, 1.165) is 36.6 Å².